The van der Waals surface area contributed by atoms with Crippen LogP contribution in [0.4, 0.5) is 5.69 Å². The number of aliphatic hydroxyl groups excluding tert-OH is 1. The molecule has 0 spiro atoms. The Kier molecular flexibility index (Phi) is 3.03. The summed E-state index contributed by atoms with van der Waals surface area (Å²) in [5.41, 5.74) is 7.03. The zero-order valence-electron chi connectivity index (χ0n) is 8.63. The number of nitrogens with two attached hydrogens (primary N) is 1. The van der Waals surface area contributed by atoms with Gasteiger partial charge in [-0.3, -0.25) is 0 Å². The molecule has 0 aliphatic carbocycles. The number of ether oxygens (including phenoxy) is 1. The molecule has 0 unspecified atom stereocenters. The average Bonchev–Trinajstić information content (AvgIpc) is 2.33. The van der Waals surface area contributed by atoms with Crippen molar-refractivity contribution in [3.8, 4) is 11.6 Å². The zero-order chi connectivity index (χ0) is 11.4. The number of benzene rings is 1. The van der Waals surface area contributed by atoms with Crippen LogP contribution in [0.2, 0.25) is 0 Å². The van der Waals surface area contributed by atoms with E-state index in [1.165, 1.54) is 0 Å². The second-order valence-electron chi connectivity index (χ2n) is 3.30. The smallest absolute Gasteiger partial charge is 0.242 e. The third kappa shape index (κ3) is 2.29. The molecule has 4 nitrogen and oxygen atoms in total. The van der Waals surface area contributed by atoms with Crippen molar-refractivity contribution in [2.45, 2.75) is 6.61 Å². The molecule has 0 saturated heterocycles. The number of pyridine rings is 1. The van der Waals surface area contributed by atoms with Gasteiger partial charge in [-0.05, 0) is 29.8 Å². The van der Waals surface area contributed by atoms with Gasteiger partial charge in [0.15, 0.2) is 0 Å². The molecule has 0 bridgehead atoms. The van der Waals surface area contributed by atoms with Crippen LogP contribution in [0.3, 0.4) is 0 Å². The Labute approximate surface area is 93.3 Å². The molecule has 1 aromatic heterocycles. The Morgan fingerprint density at radius 3 is 2.56 bits per heavy atom. The number of nitrogens with zero attached hydrogens (tertiary/aromatic N) is 1. The molecule has 1 heterocycles. The maximum Gasteiger partial charge on any atom is 0.242 e. The second-order valence-corrected chi connectivity index (χ2v) is 3.30. The normalized spacial score (nSPS) is 10.1. The summed E-state index contributed by atoms with van der Waals surface area (Å²) in [7, 11) is 0. The molecule has 0 radical (unpaired) electrons. The zero-order valence-corrected chi connectivity index (χ0v) is 8.63. The molecule has 1 aromatic carbocycles. The fraction of sp³-hybridized carbons (Fsp3) is 0.0833. The highest BCUT2D eigenvalue weighted by molar-refractivity contribution is 5.48. The van der Waals surface area contributed by atoms with E-state index in [-0.39, 0.29) is 6.61 Å². The summed E-state index contributed by atoms with van der Waals surface area (Å²) in [6, 6.07) is 10.6. The largest absolute Gasteiger partial charge is 0.437 e. The molecule has 82 valence electrons. The summed E-state index contributed by atoms with van der Waals surface area (Å²) in [5, 5.41) is 8.89. The van der Waals surface area contributed by atoms with Gasteiger partial charge >= 0.3 is 0 Å². The molecule has 0 atom stereocenters. The predicted molar refractivity (Wildman–Crippen MR) is 61.1 cm³/mol. The molecular weight excluding hydrogens is 204 g/mol. The van der Waals surface area contributed by atoms with Gasteiger partial charge in [0.05, 0.1) is 12.3 Å². The first-order valence-electron chi connectivity index (χ1n) is 4.88. The first-order valence-corrected chi connectivity index (χ1v) is 4.88. The fourth-order valence-corrected chi connectivity index (χ4v) is 1.26. The van der Waals surface area contributed by atoms with E-state index in [1.807, 2.05) is 0 Å². The van der Waals surface area contributed by atoms with Crippen molar-refractivity contribution in [2.24, 2.45) is 0 Å². The van der Waals surface area contributed by atoms with Crippen molar-refractivity contribution in [2.75, 3.05) is 5.73 Å². The van der Waals surface area contributed by atoms with Crippen molar-refractivity contribution in [1.29, 1.82) is 0 Å². The van der Waals surface area contributed by atoms with E-state index < -0.39 is 0 Å². The molecular formula is C12H12N2O2. The number of hydrogen-bond acceptors (Lipinski definition) is 4. The molecule has 0 saturated carbocycles. The van der Waals surface area contributed by atoms with Gasteiger partial charge in [-0.2, -0.15) is 0 Å². The molecule has 2 rings (SSSR count). The number of aromatic nitrogens is 1. The lowest BCUT2D eigenvalue weighted by Gasteiger charge is -2.06. The Morgan fingerprint density at radius 2 is 1.94 bits per heavy atom. The summed E-state index contributed by atoms with van der Waals surface area (Å²) < 4.78 is 5.49. The average molecular weight is 216 g/mol. The minimum absolute atomic E-state index is 0.0198. The lowest BCUT2D eigenvalue weighted by Crippen LogP contribution is -1.94. The van der Waals surface area contributed by atoms with Gasteiger partial charge in [-0.1, -0.05) is 12.1 Å². The molecule has 4 heteroatoms. The van der Waals surface area contributed by atoms with Crippen molar-refractivity contribution in [1.82, 2.24) is 4.98 Å². The van der Waals surface area contributed by atoms with Gasteiger partial charge in [-0.15, -0.1) is 0 Å². The van der Waals surface area contributed by atoms with E-state index in [0.717, 1.165) is 5.56 Å². The van der Waals surface area contributed by atoms with E-state index in [2.05, 4.69) is 4.98 Å². The van der Waals surface area contributed by atoms with Crippen LogP contribution >= 0.6 is 0 Å². The van der Waals surface area contributed by atoms with Gasteiger partial charge < -0.3 is 15.6 Å². The standard InChI is InChI=1S/C12H12N2O2/c13-11-2-1-7-14-12(11)16-10-5-3-9(8-15)4-6-10/h1-7,15H,8,13H2. The Morgan fingerprint density at radius 1 is 1.19 bits per heavy atom. The lowest BCUT2D eigenvalue weighted by molar-refractivity contribution is 0.281. The quantitative estimate of drug-likeness (QED) is 0.822. The van der Waals surface area contributed by atoms with Crippen LogP contribution in [0.15, 0.2) is 42.6 Å². The van der Waals surface area contributed by atoms with Crippen molar-refractivity contribution in [3.63, 3.8) is 0 Å². The van der Waals surface area contributed by atoms with Gasteiger partial charge in [0.1, 0.15) is 5.75 Å². The van der Waals surface area contributed by atoms with E-state index in [0.29, 0.717) is 17.3 Å². The summed E-state index contributed by atoms with van der Waals surface area (Å²) in [6.45, 7) is 0.0198. The number of hydrogen-bond donors (Lipinski definition) is 2. The van der Waals surface area contributed by atoms with Crippen molar-refractivity contribution in [3.05, 3.63) is 48.2 Å². The molecule has 2 aromatic rings. The molecule has 0 aliphatic rings. The highest BCUT2D eigenvalue weighted by Gasteiger charge is 2.02. The maximum atomic E-state index is 8.89. The Bertz CT molecular complexity index is 469. The van der Waals surface area contributed by atoms with Crippen LogP contribution in [-0.2, 0) is 6.61 Å². The van der Waals surface area contributed by atoms with Gasteiger partial charge in [0, 0.05) is 6.20 Å². The Balaban J connectivity index is 2.18. The van der Waals surface area contributed by atoms with Gasteiger partial charge in [0.2, 0.25) is 5.88 Å². The number of aliphatic hydroxyl groups is 1. The van der Waals surface area contributed by atoms with Crippen LogP contribution in [0.5, 0.6) is 11.6 Å². The monoisotopic (exact) mass is 216 g/mol. The topological polar surface area (TPSA) is 68.4 Å². The maximum absolute atomic E-state index is 8.89. The van der Waals surface area contributed by atoms with Crippen LogP contribution in [0, 0.1) is 0 Å². The predicted octanol–water partition coefficient (Wildman–Crippen LogP) is 1.95. The molecule has 3 N–H and O–H groups in total. The minimum atomic E-state index is 0.0198. The minimum Gasteiger partial charge on any atom is -0.437 e. The van der Waals surface area contributed by atoms with Gasteiger partial charge in [-0.25, -0.2) is 4.98 Å². The second kappa shape index (κ2) is 4.63. The summed E-state index contributed by atoms with van der Waals surface area (Å²) >= 11 is 0. The van der Waals surface area contributed by atoms with Crippen LogP contribution in [0.25, 0.3) is 0 Å². The van der Waals surface area contributed by atoms with Crippen LogP contribution in [0.1, 0.15) is 5.56 Å². The van der Waals surface area contributed by atoms with E-state index >= 15 is 0 Å². The SMILES string of the molecule is Nc1cccnc1Oc1ccc(CO)cc1. The summed E-state index contributed by atoms with van der Waals surface area (Å²) in [6.07, 6.45) is 1.62. The number of rotatable bonds is 3. The third-order valence-electron chi connectivity index (χ3n) is 2.12. The van der Waals surface area contributed by atoms with E-state index in [9.17, 15) is 0 Å². The highest BCUT2D eigenvalue weighted by Crippen LogP contribution is 2.24. The van der Waals surface area contributed by atoms with E-state index in [1.54, 1.807) is 42.6 Å². The Hall–Kier alpha value is -2.07. The third-order valence-corrected chi connectivity index (χ3v) is 2.12. The lowest BCUT2D eigenvalue weighted by atomic mass is 10.2. The van der Waals surface area contributed by atoms with Crippen LogP contribution < -0.4 is 10.5 Å². The first kappa shape index (κ1) is 10.4. The fourth-order valence-electron chi connectivity index (χ4n) is 1.26. The first-order chi connectivity index (χ1) is 7.79. The summed E-state index contributed by atoms with van der Waals surface area (Å²) in [5.74, 6) is 1.03. The van der Waals surface area contributed by atoms with Gasteiger partial charge in [0.25, 0.3) is 0 Å². The van der Waals surface area contributed by atoms with Crippen molar-refractivity contribution >= 4 is 5.69 Å². The van der Waals surface area contributed by atoms with E-state index in [4.69, 9.17) is 15.6 Å². The number of nitrogen functional groups attached to an aromatic ring is 1. The molecule has 0 amide bonds. The molecule has 0 fully saturated rings. The van der Waals surface area contributed by atoms with Crippen LogP contribution in [-0.4, -0.2) is 10.1 Å². The highest BCUT2D eigenvalue weighted by atomic mass is 16.5. The van der Waals surface area contributed by atoms with Crippen molar-refractivity contribution < 1.29 is 9.84 Å². The molecule has 16 heavy (non-hydrogen) atoms. The summed E-state index contributed by atoms with van der Waals surface area (Å²) in [4.78, 5) is 4.02. The number of anilines is 1. The molecule has 0 aliphatic heterocycles.